The topological polar surface area (TPSA) is 95.7 Å². The molecule has 0 fully saturated rings. The number of carbonyl (C=O) groups is 1. The van der Waals surface area contributed by atoms with Crippen molar-refractivity contribution in [2.45, 2.75) is 20.0 Å². The lowest BCUT2D eigenvalue weighted by Crippen LogP contribution is -2.24. The summed E-state index contributed by atoms with van der Waals surface area (Å²) in [5.74, 6) is 1.07. The van der Waals surface area contributed by atoms with Gasteiger partial charge in [-0.3, -0.25) is 0 Å². The summed E-state index contributed by atoms with van der Waals surface area (Å²) in [6.45, 7) is 5.98. The molecule has 0 spiro atoms. The molecule has 3 aromatic rings. The highest BCUT2D eigenvalue weighted by molar-refractivity contribution is 9.10. The van der Waals surface area contributed by atoms with Crippen molar-refractivity contribution in [2.75, 3.05) is 12.4 Å². The maximum Gasteiger partial charge on any atom is 0.339 e. The van der Waals surface area contributed by atoms with Gasteiger partial charge < -0.3 is 14.8 Å². The lowest BCUT2D eigenvalue weighted by molar-refractivity contribution is 0.252. The minimum absolute atomic E-state index is 0.217. The van der Waals surface area contributed by atoms with E-state index in [1.807, 2.05) is 43.3 Å². The molecule has 35 heavy (non-hydrogen) atoms. The van der Waals surface area contributed by atoms with E-state index < -0.39 is 6.03 Å². The van der Waals surface area contributed by atoms with E-state index in [1.165, 1.54) is 6.21 Å². The van der Waals surface area contributed by atoms with Gasteiger partial charge in [-0.05, 0) is 60.9 Å². The van der Waals surface area contributed by atoms with Crippen LogP contribution >= 0.6 is 15.9 Å². The molecule has 8 heteroatoms. The summed E-state index contributed by atoms with van der Waals surface area (Å²) >= 11 is 3.43. The number of benzene rings is 3. The molecule has 0 radical (unpaired) electrons. The molecule has 178 valence electrons. The van der Waals surface area contributed by atoms with Gasteiger partial charge in [0, 0.05) is 21.3 Å². The largest absolute Gasteiger partial charge is 0.493 e. The molecule has 0 unspecified atom stereocenters. The zero-order valence-electron chi connectivity index (χ0n) is 19.5. The number of nitrogens with one attached hydrogen (secondary N) is 2. The van der Waals surface area contributed by atoms with E-state index in [9.17, 15) is 10.1 Å². The second-order valence-corrected chi connectivity index (χ2v) is 8.40. The molecule has 0 aliphatic heterocycles. The van der Waals surface area contributed by atoms with Gasteiger partial charge in [-0.25, -0.2) is 10.2 Å². The number of nitriles is 1. The molecule has 0 bridgehead atoms. The summed E-state index contributed by atoms with van der Waals surface area (Å²) in [7, 11) is 1.55. The van der Waals surface area contributed by atoms with Gasteiger partial charge in [-0.1, -0.05) is 40.2 Å². The van der Waals surface area contributed by atoms with Crippen LogP contribution in [0.5, 0.6) is 11.5 Å². The van der Waals surface area contributed by atoms with Crippen LogP contribution in [0.25, 0.3) is 0 Å². The molecule has 0 aliphatic carbocycles. The average molecular weight is 533 g/mol. The number of hydrogen-bond donors (Lipinski definition) is 2. The van der Waals surface area contributed by atoms with Crippen LogP contribution in [0.2, 0.25) is 0 Å². The summed E-state index contributed by atoms with van der Waals surface area (Å²) in [4.78, 5) is 12.2. The van der Waals surface area contributed by atoms with Gasteiger partial charge in [0.05, 0.1) is 25.0 Å². The Balaban J connectivity index is 1.74. The predicted octanol–water partition coefficient (Wildman–Crippen LogP) is 6.10. The summed E-state index contributed by atoms with van der Waals surface area (Å²) in [5.41, 5.74) is 7.02. The number of carbonyl (C=O) groups excluding carboxylic acids is 1. The Morgan fingerprint density at radius 1 is 1.20 bits per heavy atom. The van der Waals surface area contributed by atoms with Crippen molar-refractivity contribution < 1.29 is 14.3 Å². The monoisotopic (exact) mass is 532 g/mol. The molecule has 7 nitrogen and oxygen atoms in total. The van der Waals surface area contributed by atoms with E-state index in [0.29, 0.717) is 34.7 Å². The smallest absolute Gasteiger partial charge is 0.339 e. The molecule has 3 rings (SSSR count). The normalized spacial score (nSPS) is 10.5. The van der Waals surface area contributed by atoms with Crippen LogP contribution in [0.1, 0.15) is 27.8 Å². The summed E-state index contributed by atoms with van der Waals surface area (Å²) < 4.78 is 12.6. The quantitative estimate of drug-likeness (QED) is 0.197. The third-order valence-electron chi connectivity index (χ3n) is 5.04. The number of rotatable bonds is 9. The number of allylic oxidation sites excluding steroid dienone is 1. The maximum absolute atomic E-state index is 12.2. The van der Waals surface area contributed by atoms with Crippen LogP contribution in [0.4, 0.5) is 10.5 Å². The van der Waals surface area contributed by atoms with Crippen molar-refractivity contribution in [3.8, 4) is 17.6 Å². The molecular formula is C27H25BrN4O3. The minimum Gasteiger partial charge on any atom is -0.493 e. The highest BCUT2D eigenvalue weighted by atomic mass is 79.9. The molecule has 0 aromatic heterocycles. The molecule has 0 heterocycles. The predicted molar refractivity (Wildman–Crippen MR) is 141 cm³/mol. The molecule has 3 aromatic carbocycles. The highest BCUT2D eigenvalue weighted by Gasteiger charge is 2.14. The van der Waals surface area contributed by atoms with Crippen LogP contribution < -0.4 is 20.2 Å². The molecule has 0 saturated heterocycles. The first kappa shape index (κ1) is 25.5. The first-order chi connectivity index (χ1) is 16.9. The Kier molecular flexibility index (Phi) is 9.04. The van der Waals surface area contributed by atoms with Crippen molar-refractivity contribution in [1.82, 2.24) is 5.43 Å². The van der Waals surface area contributed by atoms with Crippen LogP contribution in [0.15, 0.2) is 76.8 Å². The van der Waals surface area contributed by atoms with E-state index >= 15 is 0 Å². The maximum atomic E-state index is 12.2. The van der Waals surface area contributed by atoms with E-state index in [1.54, 1.807) is 31.4 Å². The van der Waals surface area contributed by atoms with Crippen molar-refractivity contribution in [3.05, 3.63) is 99.5 Å². The molecule has 2 N–H and O–H groups in total. The number of urea groups is 1. The SMILES string of the molecule is C=CCc1cc(/C=N/NC(=O)Nc2ccc(Br)c(C)c2)cc(OC)c1OCc1ccccc1C#N. The second-order valence-electron chi connectivity index (χ2n) is 7.55. The minimum atomic E-state index is -0.461. The number of amides is 2. The Bertz CT molecular complexity index is 1300. The van der Waals surface area contributed by atoms with Crippen molar-refractivity contribution in [2.24, 2.45) is 5.10 Å². The van der Waals surface area contributed by atoms with Gasteiger partial charge in [0.15, 0.2) is 11.5 Å². The summed E-state index contributed by atoms with van der Waals surface area (Å²) in [6.07, 6.45) is 3.82. The number of aryl methyl sites for hydroxylation is 1. The summed E-state index contributed by atoms with van der Waals surface area (Å²) in [6, 6.07) is 18.2. The number of methoxy groups -OCH3 is 1. The Labute approximate surface area is 213 Å². The number of ether oxygens (including phenoxy) is 2. The van der Waals surface area contributed by atoms with Gasteiger partial charge in [0.1, 0.15) is 6.61 Å². The van der Waals surface area contributed by atoms with Crippen LogP contribution in [-0.2, 0) is 13.0 Å². The second kappa shape index (κ2) is 12.4. The van der Waals surface area contributed by atoms with Crippen LogP contribution in [0, 0.1) is 18.3 Å². The standard InChI is InChI=1S/C27H25BrN4O3/c1-4-7-20-13-19(16-30-32-27(33)31-23-10-11-24(28)18(2)12-23)14-25(34-3)26(20)35-17-22-9-6-5-8-21(22)15-29/h4-6,8-14,16H,1,7,17H2,2-3H3,(H2,31,32,33)/b30-16+. The third-order valence-corrected chi connectivity index (χ3v) is 5.93. The van der Waals surface area contributed by atoms with Crippen molar-refractivity contribution >= 4 is 33.9 Å². The fraction of sp³-hybridized carbons (Fsp3) is 0.148. The van der Waals surface area contributed by atoms with Crippen LogP contribution in [0.3, 0.4) is 0 Å². The first-order valence-electron chi connectivity index (χ1n) is 10.7. The fourth-order valence-corrected chi connectivity index (χ4v) is 3.58. The van der Waals surface area contributed by atoms with E-state index in [2.05, 4.69) is 44.4 Å². The van der Waals surface area contributed by atoms with Gasteiger partial charge in [-0.2, -0.15) is 10.4 Å². The number of halogens is 1. The summed E-state index contributed by atoms with van der Waals surface area (Å²) in [5, 5.41) is 16.1. The Hall–Kier alpha value is -4.09. The molecule has 2 amide bonds. The highest BCUT2D eigenvalue weighted by Crippen LogP contribution is 2.34. The number of hydrazone groups is 1. The molecule has 0 atom stereocenters. The Morgan fingerprint density at radius 3 is 2.71 bits per heavy atom. The lowest BCUT2D eigenvalue weighted by atomic mass is 10.1. The third kappa shape index (κ3) is 6.95. The zero-order chi connectivity index (χ0) is 25.2. The van der Waals surface area contributed by atoms with E-state index in [0.717, 1.165) is 21.2 Å². The van der Waals surface area contributed by atoms with Crippen molar-refractivity contribution in [3.63, 3.8) is 0 Å². The molecular weight excluding hydrogens is 508 g/mol. The molecule has 0 aliphatic rings. The fourth-order valence-electron chi connectivity index (χ4n) is 3.33. The molecule has 0 saturated carbocycles. The van der Waals surface area contributed by atoms with Gasteiger partial charge >= 0.3 is 6.03 Å². The number of anilines is 1. The van der Waals surface area contributed by atoms with E-state index in [-0.39, 0.29) is 6.61 Å². The average Bonchev–Trinajstić information content (AvgIpc) is 2.85. The number of nitrogens with zero attached hydrogens (tertiary/aromatic N) is 2. The van der Waals surface area contributed by atoms with Gasteiger partial charge in [-0.15, -0.1) is 6.58 Å². The van der Waals surface area contributed by atoms with E-state index in [4.69, 9.17) is 9.47 Å². The van der Waals surface area contributed by atoms with Crippen LogP contribution in [-0.4, -0.2) is 19.4 Å². The van der Waals surface area contributed by atoms with Gasteiger partial charge in [0.2, 0.25) is 0 Å². The van der Waals surface area contributed by atoms with Gasteiger partial charge in [0.25, 0.3) is 0 Å². The zero-order valence-corrected chi connectivity index (χ0v) is 21.1. The lowest BCUT2D eigenvalue weighted by Gasteiger charge is -2.16. The van der Waals surface area contributed by atoms with Crippen molar-refractivity contribution in [1.29, 1.82) is 5.26 Å². The first-order valence-corrected chi connectivity index (χ1v) is 11.5. The Morgan fingerprint density at radius 2 is 2.00 bits per heavy atom. The number of hydrogen-bond acceptors (Lipinski definition) is 5.